The summed E-state index contributed by atoms with van der Waals surface area (Å²) >= 11 is 3.39. The lowest BCUT2D eigenvalue weighted by Gasteiger charge is -2.21. The molecule has 0 radical (unpaired) electrons. The van der Waals surface area contributed by atoms with Gasteiger partial charge in [0.15, 0.2) is 0 Å². The van der Waals surface area contributed by atoms with Crippen LogP contribution < -0.4 is 0 Å². The van der Waals surface area contributed by atoms with Gasteiger partial charge in [-0.1, -0.05) is 22.0 Å². The first-order valence-electron chi connectivity index (χ1n) is 4.12. The quantitative estimate of drug-likeness (QED) is 0.705. The third-order valence-electron chi connectivity index (χ3n) is 2.23. The Balaban J connectivity index is 2.47. The highest BCUT2D eigenvalue weighted by atomic mass is 79.9. The fourth-order valence-electron chi connectivity index (χ4n) is 1.54. The molecule has 0 N–H and O–H groups in total. The first kappa shape index (κ1) is 8.91. The molecule has 1 unspecified atom stereocenters. The lowest BCUT2D eigenvalue weighted by atomic mass is 9.94. The van der Waals surface area contributed by atoms with Gasteiger partial charge in [-0.3, -0.25) is 0 Å². The SMILES string of the molecule is O=CC1COCc2ccc(Br)cc21. The van der Waals surface area contributed by atoms with Crippen molar-refractivity contribution in [3.8, 4) is 0 Å². The number of aldehydes is 1. The molecule has 1 heterocycles. The van der Waals surface area contributed by atoms with E-state index in [1.54, 1.807) is 0 Å². The summed E-state index contributed by atoms with van der Waals surface area (Å²) in [5, 5.41) is 0. The summed E-state index contributed by atoms with van der Waals surface area (Å²) in [6.45, 7) is 1.12. The molecule has 2 rings (SSSR count). The number of hydrogen-bond donors (Lipinski definition) is 0. The number of carbonyl (C=O) groups excluding carboxylic acids is 1. The van der Waals surface area contributed by atoms with E-state index in [9.17, 15) is 4.79 Å². The Bertz CT molecular complexity index is 336. The molecule has 3 heteroatoms. The van der Waals surface area contributed by atoms with Gasteiger partial charge in [0.2, 0.25) is 0 Å². The fourth-order valence-corrected chi connectivity index (χ4v) is 1.92. The number of carbonyl (C=O) groups is 1. The zero-order valence-electron chi connectivity index (χ0n) is 7.00. The molecule has 1 aromatic rings. The molecule has 0 saturated carbocycles. The summed E-state index contributed by atoms with van der Waals surface area (Å²) < 4.78 is 6.31. The first-order valence-corrected chi connectivity index (χ1v) is 4.92. The number of benzene rings is 1. The molecule has 0 aromatic heterocycles. The van der Waals surface area contributed by atoms with Crippen molar-refractivity contribution in [2.24, 2.45) is 0 Å². The smallest absolute Gasteiger partial charge is 0.129 e. The molecule has 0 bridgehead atoms. The minimum absolute atomic E-state index is 0.0961. The molecular weight excluding hydrogens is 232 g/mol. The molecule has 0 spiro atoms. The second kappa shape index (κ2) is 3.60. The molecule has 1 aliphatic heterocycles. The molecule has 0 amide bonds. The van der Waals surface area contributed by atoms with Crippen LogP contribution in [0.5, 0.6) is 0 Å². The molecule has 1 aliphatic rings. The Hall–Kier alpha value is -0.670. The van der Waals surface area contributed by atoms with Crippen LogP contribution in [0.4, 0.5) is 0 Å². The van der Waals surface area contributed by atoms with Crippen molar-refractivity contribution in [2.45, 2.75) is 12.5 Å². The van der Waals surface area contributed by atoms with E-state index in [4.69, 9.17) is 4.74 Å². The van der Waals surface area contributed by atoms with Gasteiger partial charge in [0.1, 0.15) is 6.29 Å². The summed E-state index contributed by atoms with van der Waals surface area (Å²) in [5.74, 6) is -0.0961. The topological polar surface area (TPSA) is 26.3 Å². The maximum Gasteiger partial charge on any atom is 0.129 e. The predicted octanol–water partition coefficient (Wildman–Crippen LogP) is 2.26. The maximum atomic E-state index is 10.7. The first-order chi connectivity index (χ1) is 6.31. The Morgan fingerprint density at radius 1 is 1.54 bits per heavy atom. The molecule has 1 atom stereocenters. The molecule has 2 nitrogen and oxygen atoms in total. The van der Waals surface area contributed by atoms with Gasteiger partial charge in [0.25, 0.3) is 0 Å². The standard InChI is InChI=1S/C10H9BrO2/c11-9-2-1-7-5-13-6-8(4-12)10(7)3-9/h1-4,8H,5-6H2. The van der Waals surface area contributed by atoms with E-state index >= 15 is 0 Å². The van der Waals surface area contributed by atoms with Crippen LogP contribution >= 0.6 is 15.9 Å². The molecule has 68 valence electrons. The zero-order chi connectivity index (χ0) is 9.26. The highest BCUT2D eigenvalue weighted by Crippen LogP contribution is 2.27. The van der Waals surface area contributed by atoms with E-state index in [1.165, 1.54) is 0 Å². The van der Waals surface area contributed by atoms with Crippen LogP contribution in [0, 0.1) is 0 Å². The van der Waals surface area contributed by atoms with Gasteiger partial charge in [-0.25, -0.2) is 0 Å². The molecule has 0 aliphatic carbocycles. The van der Waals surface area contributed by atoms with E-state index in [2.05, 4.69) is 15.9 Å². The maximum absolute atomic E-state index is 10.7. The highest BCUT2D eigenvalue weighted by molar-refractivity contribution is 9.10. The van der Waals surface area contributed by atoms with Crippen molar-refractivity contribution in [3.63, 3.8) is 0 Å². The van der Waals surface area contributed by atoms with E-state index in [0.717, 1.165) is 21.9 Å². The van der Waals surface area contributed by atoms with Crippen LogP contribution in [-0.4, -0.2) is 12.9 Å². The van der Waals surface area contributed by atoms with Gasteiger partial charge in [-0.2, -0.15) is 0 Å². The van der Waals surface area contributed by atoms with Crippen molar-refractivity contribution in [1.29, 1.82) is 0 Å². The number of halogens is 1. The largest absolute Gasteiger partial charge is 0.376 e. The van der Waals surface area contributed by atoms with E-state index in [0.29, 0.717) is 13.2 Å². The summed E-state index contributed by atoms with van der Waals surface area (Å²) in [7, 11) is 0. The molecule has 1 aromatic carbocycles. The van der Waals surface area contributed by atoms with Gasteiger partial charge >= 0.3 is 0 Å². The number of fused-ring (bicyclic) bond motifs is 1. The fraction of sp³-hybridized carbons (Fsp3) is 0.300. The summed E-state index contributed by atoms with van der Waals surface area (Å²) in [6, 6.07) is 5.96. The minimum atomic E-state index is -0.0961. The lowest BCUT2D eigenvalue weighted by molar-refractivity contribution is -0.110. The van der Waals surface area contributed by atoms with E-state index in [-0.39, 0.29) is 5.92 Å². The number of hydrogen-bond acceptors (Lipinski definition) is 2. The van der Waals surface area contributed by atoms with Crippen LogP contribution in [-0.2, 0) is 16.1 Å². The Morgan fingerprint density at radius 3 is 3.15 bits per heavy atom. The van der Waals surface area contributed by atoms with Crippen molar-refractivity contribution in [1.82, 2.24) is 0 Å². The monoisotopic (exact) mass is 240 g/mol. The molecular formula is C10H9BrO2. The predicted molar refractivity (Wildman–Crippen MR) is 52.6 cm³/mol. The van der Waals surface area contributed by atoms with Gasteiger partial charge in [0, 0.05) is 4.47 Å². The van der Waals surface area contributed by atoms with Crippen LogP contribution in [0.2, 0.25) is 0 Å². The third-order valence-corrected chi connectivity index (χ3v) is 2.72. The van der Waals surface area contributed by atoms with Crippen molar-refractivity contribution in [2.75, 3.05) is 6.61 Å². The average molecular weight is 241 g/mol. The van der Waals surface area contributed by atoms with Gasteiger partial charge in [-0.05, 0) is 23.3 Å². The number of rotatable bonds is 1. The van der Waals surface area contributed by atoms with Crippen LogP contribution in [0.3, 0.4) is 0 Å². The Kier molecular flexibility index (Phi) is 2.47. The van der Waals surface area contributed by atoms with Gasteiger partial charge < -0.3 is 9.53 Å². The van der Waals surface area contributed by atoms with Gasteiger partial charge in [-0.15, -0.1) is 0 Å². The average Bonchev–Trinajstić information content (AvgIpc) is 2.17. The van der Waals surface area contributed by atoms with Crippen molar-refractivity contribution < 1.29 is 9.53 Å². The van der Waals surface area contributed by atoms with Gasteiger partial charge in [0.05, 0.1) is 19.1 Å². The van der Waals surface area contributed by atoms with Crippen LogP contribution in [0.25, 0.3) is 0 Å². The minimum Gasteiger partial charge on any atom is -0.376 e. The van der Waals surface area contributed by atoms with E-state index < -0.39 is 0 Å². The molecule has 0 saturated heterocycles. The van der Waals surface area contributed by atoms with Crippen molar-refractivity contribution >= 4 is 22.2 Å². The third kappa shape index (κ3) is 1.67. The summed E-state index contributed by atoms with van der Waals surface area (Å²) in [5.41, 5.74) is 2.21. The zero-order valence-corrected chi connectivity index (χ0v) is 8.58. The highest BCUT2D eigenvalue weighted by Gasteiger charge is 2.19. The molecule has 13 heavy (non-hydrogen) atoms. The lowest BCUT2D eigenvalue weighted by Crippen LogP contribution is -2.17. The van der Waals surface area contributed by atoms with Crippen LogP contribution in [0.1, 0.15) is 17.0 Å². The Labute approximate surface area is 85.0 Å². The normalized spacial score (nSPS) is 20.8. The molecule has 0 fully saturated rings. The summed E-state index contributed by atoms with van der Waals surface area (Å²) in [6.07, 6.45) is 0.949. The van der Waals surface area contributed by atoms with E-state index in [1.807, 2.05) is 18.2 Å². The second-order valence-corrected chi connectivity index (χ2v) is 4.02. The van der Waals surface area contributed by atoms with Crippen molar-refractivity contribution in [3.05, 3.63) is 33.8 Å². The Morgan fingerprint density at radius 2 is 2.38 bits per heavy atom. The number of ether oxygens (including phenoxy) is 1. The second-order valence-electron chi connectivity index (χ2n) is 3.10. The van der Waals surface area contributed by atoms with Crippen LogP contribution in [0.15, 0.2) is 22.7 Å². The summed E-state index contributed by atoms with van der Waals surface area (Å²) in [4.78, 5) is 10.7.